The van der Waals surface area contributed by atoms with E-state index >= 15 is 0 Å². The summed E-state index contributed by atoms with van der Waals surface area (Å²) in [6.07, 6.45) is 9.86. The third-order valence-corrected chi connectivity index (χ3v) is 15.8. The van der Waals surface area contributed by atoms with E-state index in [-0.39, 0.29) is 58.7 Å². The molecule has 0 fully saturated rings. The summed E-state index contributed by atoms with van der Waals surface area (Å²) in [6, 6.07) is 48.2. The van der Waals surface area contributed by atoms with Gasteiger partial charge in [0.05, 0.1) is 73.7 Å². The van der Waals surface area contributed by atoms with Gasteiger partial charge in [-0.25, -0.2) is 19.7 Å². The van der Waals surface area contributed by atoms with Crippen LogP contribution in [0.1, 0.15) is 102 Å². The number of alkyl halides is 3. The van der Waals surface area contributed by atoms with Crippen molar-refractivity contribution in [2.24, 2.45) is 10.8 Å². The summed E-state index contributed by atoms with van der Waals surface area (Å²) in [6.45, 7) is 11.0. The van der Waals surface area contributed by atoms with E-state index in [0.717, 1.165) is 23.3 Å². The Morgan fingerprint density at radius 2 is 0.774 bits per heavy atom. The molecule has 0 atom stereocenters. The minimum absolute atomic E-state index is 0. The molecule has 0 spiro atoms. The number of anilines is 4. The van der Waals surface area contributed by atoms with E-state index in [1.807, 2.05) is 59.7 Å². The molecule has 0 saturated heterocycles. The maximum Gasteiger partial charge on any atom is 0.490 e. The van der Waals surface area contributed by atoms with Gasteiger partial charge in [0.25, 0.3) is 0 Å². The van der Waals surface area contributed by atoms with Gasteiger partial charge in [0.2, 0.25) is 11.8 Å². The first-order chi connectivity index (χ1) is 50.0. The van der Waals surface area contributed by atoms with Gasteiger partial charge >= 0.3 is 19.3 Å². The Labute approximate surface area is 617 Å². The number of amides is 4. The minimum atomic E-state index is -4.67. The standard InChI is InChI=1S/C28H17ClF3N5O2.C25H22N4O2.C20H18ClN3O2.C5H6BNO2.CH4/c29-22-8-7-20(13-21(22)28(30,31)32)36-27(39)35-19-5-1-3-16(11-19)26(38)17-6-9-23-24(12-17)37-25(15-34-23)18-4-2-10-33-14-18;1-25(2,3)24(31)28-19-8-4-6-16(12-19)23(30)17-9-10-20-21(13-17)29-22(15-27-20)18-7-5-11-26-14-18;1-20(2,3)19(26)23-14-6-4-5-12(9-14)18(25)13-7-8-15-16(10-13)24-17(21)11-22-15;8-6(9)5-2-1-3-7-4-5;/h1-15H,(H2,35,36,39);4-15H,1-3H3,(H,28,31);4-11H,1-3H3,(H,23,26);1-4,8-9H;1H4. The third kappa shape index (κ3) is 20.7. The fourth-order valence-electron chi connectivity index (χ4n) is 9.74. The van der Waals surface area contributed by atoms with Crippen molar-refractivity contribution in [2.75, 3.05) is 21.3 Å². The summed E-state index contributed by atoms with van der Waals surface area (Å²) in [5.74, 6) is -0.858. The molecule has 6 N–H and O–H groups in total. The maximum atomic E-state index is 13.2. The number of rotatable bonds is 13. The van der Waals surface area contributed by atoms with Crippen molar-refractivity contribution in [1.82, 2.24) is 44.9 Å². The summed E-state index contributed by atoms with van der Waals surface area (Å²) in [7, 11) is -1.40. The van der Waals surface area contributed by atoms with Crippen molar-refractivity contribution in [2.45, 2.75) is 55.1 Å². The van der Waals surface area contributed by atoms with Crippen LogP contribution in [0, 0.1) is 10.8 Å². The zero-order valence-corrected chi connectivity index (χ0v) is 58.4. The van der Waals surface area contributed by atoms with Crippen molar-refractivity contribution in [3.05, 3.63) is 287 Å². The molecule has 13 aromatic rings. The monoisotopic (exact) mass is 1460 g/mol. The Balaban J connectivity index is 0.000000175. The second-order valence-corrected chi connectivity index (χ2v) is 26.2. The van der Waals surface area contributed by atoms with Crippen molar-refractivity contribution < 1.29 is 52.0 Å². The predicted octanol–water partition coefficient (Wildman–Crippen LogP) is 16.0. The molecule has 6 aromatic heterocycles. The molecule has 0 aliphatic heterocycles. The molecule has 6 heterocycles. The number of urea groups is 1. The molecule has 4 amide bonds. The molecule has 27 heteroatoms. The number of hydrogen-bond donors (Lipinski definition) is 6. The fraction of sp³-hybridized carbons (Fsp3) is 0.127. The highest BCUT2D eigenvalue weighted by Gasteiger charge is 2.34. The Kier molecular flexibility index (Phi) is 25.1. The van der Waals surface area contributed by atoms with E-state index in [4.69, 9.17) is 33.2 Å². The smallest absolute Gasteiger partial charge is 0.423 e. The first-order valence-corrected chi connectivity index (χ1v) is 32.8. The zero-order chi connectivity index (χ0) is 75.2. The summed E-state index contributed by atoms with van der Waals surface area (Å²) in [4.78, 5) is 114. The van der Waals surface area contributed by atoms with Gasteiger partial charge in [-0.15, -0.1) is 0 Å². The zero-order valence-electron chi connectivity index (χ0n) is 56.9. The molecule has 7 aromatic carbocycles. The summed E-state index contributed by atoms with van der Waals surface area (Å²) in [5, 5.41) is 27.4. The number of hydrogen-bond acceptors (Lipinski definition) is 17. The number of nitrogens with zero attached hydrogens (tertiary/aromatic N) is 9. The van der Waals surface area contributed by atoms with Crippen molar-refractivity contribution in [3.8, 4) is 22.5 Å². The normalized spacial score (nSPS) is 11.0. The lowest BCUT2D eigenvalue weighted by atomic mass is 9.82. The van der Waals surface area contributed by atoms with Gasteiger partial charge in [0.1, 0.15) is 5.15 Å². The molecule has 0 aliphatic carbocycles. The van der Waals surface area contributed by atoms with Gasteiger partial charge in [-0.2, -0.15) is 13.2 Å². The average molecular weight is 1470 g/mol. The predicted molar refractivity (Wildman–Crippen MR) is 406 cm³/mol. The van der Waals surface area contributed by atoms with Crippen LogP contribution >= 0.6 is 23.2 Å². The summed E-state index contributed by atoms with van der Waals surface area (Å²) < 4.78 is 39.3. The molecule has 0 unspecified atom stereocenters. The minimum Gasteiger partial charge on any atom is -0.423 e. The Morgan fingerprint density at radius 1 is 0.396 bits per heavy atom. The Morgan fingerprint density at radius 3 is 1.14 bits per heavy atom. The molecule has 534 valence electrons. The number of ketones is 3. The molecule has 13 rings (SSSR count). The SMILES string of the molecule is C.CC(C)(C)C(=O)Nc1cccc(C(=O)c2ccc3ncc(-c4cccnc4)nc3c2)c1.CC(C)(C)C(=O)Nc1cccc(C(=O)c2ccc3ncc(Cl)nc3c2)c1.O=C(Nc1cccc(C(=O)c2ccc3ncc(-c4cccnc4)nc3c2)c1)Nc1ccc(Cl)c(C(F)(F)F)c1.OB(O)c1cccnc1. The van der Waals surface area contributed by atoms with Crippen LogP contribution in [0.2, 0.25) is 10.2 Å². The molecule has 0 bridgehead atoms. The van der Waals surface area contributed by atoms with E-state index in [1.165, 1.54) is 24.5 Å². The largest absolute Gasteiger partial charge is 0.490 e. The molecule has 106 heavy (non-hydrogen) atoms. The highest BCUT2D eigenvalue weighted by Crippen LogP contribution is 2.37. The van der Waals surface area contributed by atoms with Crippen LogP contribution < -0.4 is 26.7 Å². The average Bonchev–Trinajstić information content (AvgIpc) is 0.811. The molecule has 21 nitrogen and oxygen atoms in total. The van der Waals surface area contributed by atoms with Crippen LogP contribution in [-0.4, -0.2) is 97.2 Å². The Bertz CT molecular complexity index is 5390. The number of pyridine rings is 3. The van der Waals surface area contributed by atoms with E-state index in [1.54, 1.807) is 183 Å². The highest BCUT2D eigenvalue weighted by molar-refractivity contribution is 6.58. The summed E-state index contributed by atoms with van der Waals surface area (Å²) in [5.41, 5.74) is 8.88. The van der Waals surface area contributed by atoms with E-state index in [2.05, 4.69) is 66.1 Å². The number of carbonyl (C=O) groups is 6. The molecular formula is C79H67BCl2F3N13O8. The second kappa shape index (κ2) is 34.2. The number of fused-ring (bicyclic) bond motifs is 3. The van der Waals surface area contributed by atoms with Crippen LogP contribution in [0.3, 0.4) is 0 Å². The molecule has 0 saturated carbocycles. The molecule has 0 radical (unpaired) electrons. The van der Waals surface area contributed by atoms with Crippen LogP contribution in [0.5, 0.6) is 0 Å². The van der Waals surface area contributed by atoms with Gasteiger partial charge in [-0.05, 0) is 140 Å². The van der Waals surface area contributed by atoms with Gasteiger partial charge in [-0.3, -0.25) is 53.9 Å². The van der Waals surface area contributed by atoms with Gasteiger partial charge in [-0.1, -0.05) is 115 Å². The van der Waals surface area contributed by atoms with Crippen molar-refractivity contribution in [1.29, 1.82) is 0 Å². The van der Waals surface area contributed by atoms with Gasteiger partial charge in [0.15, 0.2) is 17.3 Å². The Hall–Kier alpha value is -12.4. The topological polar surface area (TPSA) is 307 Å². The van der Waals surface area contributed by atoms with E-state index in [0.29, 0.717) is 89.1 Å². The van der Waals surface area contributed by atoms with Crippen LogP contribution in [0.4, 0.5) is 40.7 Å². The lowest BCUT2D eigenvalue weighted by molar-refractivity contribution is -0.137. The van der Waals surface area contributed by atoms with Crippen molar-refractivity contribution >= 4 is 127 Å². The van der Waals surface area contributed by atoms with Crippen LogP contribution in [0.25, 0.3) is 55.6 Å². The molecular weight excluding hydrogens is 1400 g/mol. The quantitative estimate of drug-likeness (QED) is 0.0461. The fourth-order valence-corrected chi connectivity index (χ4v) is 10.1. The van der Waals surface area contributed by atoms with E-state index < -0.39 is 40.7 Å². The van der Waals surface area contributed by atoms with Crippen LogP contribution in [0.15, 0.2) is 238 Å². The number of aromatic nitrogens is 9. The third-order valence-electron chi connectivity index (χ3n) is 15.3. The number of nitrogens with one attached hydrogen (secondary N) is 4. The van der Waals surface area contributed by atoms with Gasteiger partial charge in [0, 0.05) is 121 Å². The first-order valence-electron chi connectivity index (χ1n) is 32.1. The highest BCUT2D eigenvalue weighted by atomic mass is 35.5. The number of halogens is 5. The van der Waals surface area contributed by atoms with Gasteiger partial charge < -0.3 is 31.3 Å². The number of carbonyl (C=O) groups excluding carboxylic acids is 6. The number of benzene rings is 7. The van der Waals surface area contributed by atoms with Crippen LogP contribution in [-0.2, 0) is 15.8 Å². The maximum absolute atomic E-state index is 13.2. The lowest BCUT2D eigenvalue weighted by Gasteiger charge is -2.18. The second-order valence-electron chi connectivity index (χ2n) is 25.4. The summed E-state index contributed by atoms with van der Waals surface area (Å²) >= 11 is 11.5. The lowest BCUT2D eigenvalue weighted by Crippen LogP contribution is -2.29. The molecule has 0 aliphatic rings. The van der Waals surface area contributed by atoms with Crippen molar-refractivity contribution in [3.63, 3.8) is 0 Å². The van der Waals surface area contributed by atoms with E-state index in [9.17, 15) is 41.9 Å². The first kappa shape index (κ1) is 77.7.